The van der Waals surface area contributed by atoms with Gasteiger partial charge >= 0.3 is 5.97 Å². The van der Waals surface area contributed by atoms with Crippen molar-refractivity contribution in [2.45, 2.75) is 5.54 Å². The lowest BCUT2D eigenvalue weighted by molar-refractivity contribution is -0.129. The molecule has 45 heavy (non-hydrogen) atoms. The van der Waals surface area contributed by atoms with Gasteiger partial charge in [-0.05, 0) is 41.0 Å². The van der Waals surface area contributed by atoms with Crippen LogP contribution in [0.5, 0.6) is 0 Å². The molecule has 0 aliphatic carbocycles. The van der Waals surface area contributed by atoms with E-state index in [-0.39, 0.29) is 18.0 Å². The first kappa shape index (κ1) is 29.8. The highest BCUT2D eigenvalue weighted by molar-refractivity contribution is 7.14. The number of aliphatic carboxylic acids is 1. The molecule has 224 valence electrons. The van der Waals surface area contributed by atoms with Gasteiger partial charge in [0.25, 0.3) is 0 Å². The molecule has 0 saturated carbocycles. The molecule has 6 aromatic rings. The Hall–Kier alpha value is -5.25. The highest BCUT2D eigenvalue weighted by Gasteiger charge is 2.37. The van der Waals surface area contributed by atoms with E-state index in [0.717, 1.165) is 33.3 Å². The van der Waals surface area contributed by atoms with Crippen LogP contribution in [-0.4, -0.2) is 39.9 Å². The van der Waals surface area contributed by atoms with Gasteiger partial charge < -0.3 is 20.6 Å². The van der Waals surface area contributed by atoms with Crippen molar-refractivity contribution in [2.75, 3.05) is 23.8 Å². The first-order valence-electron chi connectivity index (χ1n) is 14.2. The molecule has 3 N–H and O–H groups in total. The molecule has 0 fully saturated rings. The zero-order chi connectivity index (χ0) is 31.1. The Morgan fingerprint density at radius 1 is 0.889 bits per heavy atom. The van der Waals surface area contributed by atoms with Crippen LogP contribution in [0.1, 0.15) is 22.4 Å². The number of hydrogen-bond donors (Lipinski definition) is 3. The molecule has 0 saturated heterocycles. The van der Waals surface area contributed by atoms with Crippen molar-refractivity contribution in [1.29, 1.82) is 0 Å². The zero-order valence-corrected chi connectivity index (χ0v) is 25.5. The molecule has 10 heteroatoms. The number of benzene rings is 4. The average molecular weight is 634 g/mol. The number of oxime groups is 1. The van der Waals surface area contributed by atoms with E-state index < -0.39 is 11.5 Å². The van der Waals surface area contributed by atoms with Gasteiger partial charge in [0.1, 0.15) is 17.8 Å². The van der Waals surface area contributed by atoms with E-state index in [9.17, 15) is 9.90 Å². The van der Waals surface area contributed by atoms with Crippen LogP contribution in [0.4, 0.5) is 10.8 Å². The van der Waals surface area contributed by atoms with Crippen molar-refractivity contribution in [2.24, 2.45) is 5.16 Å². The summed E-state index contributed by atoms with van der Waals surface area (Å²) in [6, 6.07) is 37.7. The molecule has 2 aromatic heterocycles. The molecule has 2 heterocycles. The van der Waals surface area contributed by atoms with Crippen LogP contribution >= 0.6 is 22.9 Å². The van der Waals surface area contributed by atoms with Gasteiger partial charge in [-0.25, -0.2) is 9.78 Å². The fraction of sp³-hybridized carbons (Fsp3) is 0.0857. The number of carboxylic acids is 1. The van der Waals surface area contributed by atoms with Crippen molar-refractivity contribution in [3.8, 4) is 0 Å². The third-order valence-electron chi connectivity index (χ3n) is 7.23. The third-order valence-corrected chi connectivity index (χ3v) is 8.23. The Kier molecular flexibility index (Phi) is 9.00. The number of nitrogens with one attached hydrogen (secondary N) is 2. The second-order valence-corrected chi connectivity index (χ2v) is 11.3. The molecule has 8 nitrogen and oxygen atoms in total. The number of halogens is 1. The molecule has 0 spiro atoms. The van der Waals surface area contributed by atoms with Gasteiger partial charge in [0, 0.05) is 27.7 Å². The fourth-order valence-electron chi connectivity index (χ4n) is 5.19. The lowest BCUT2D eigenvalue weighted by Crippen LogP contribution is -2.38. The average Bonchev–Trinajstić information content (AvgIpc) is 3.54. The van der Waals surface area contributed by atoms with E-state index in [0.29, 0.717) is 16.7 Å². The van der Waals surface area contributed by atoms with Gasteiger partial charge in [-0.3, -0.25) is 4.98 Å². The predicted octanol–water partition coefficient (Wildman–Crippen LogP) is 7.67. The summed E-state index contributed by atoms with van der Waals surface area (Å²) in [7, 11) is 0. The van der Waals surface area contributed by atoms with E-state index in [1.165, 1.54) is 11.3 Å². The minimum atomic E-state index is -1.24. The van der Waals surface area contributed by atoms with Crippen molar-refractivity contribution < 1.29 is 14.7 Å². The van der Waals surface area contributed by atoms with E-state index in [1.807, 2.05) is 66.7 Å². The first-order chi connectivity index (χ1) is 22.0. The summed E-state index contributed by atoms with van der Waals surface area (Å²) in [5.74, 6) is -1.24. The Balaban J connectivity index is 1.23. The molecule has 0 bridgehead atoms. The van der Waals surface area contributed by atoms with E-state index in [4.69, 9.17) is 16.4 Å². The number of anilines is 2. The van der Waals surface area contributed by atoms with Crippen molar-refractivity contribution >= 4 is 56.3 Å². The second-order valence-electron chi connectivity index (χ2n) is 10.0. The topological polar surface area (TPSA) is 109 Å². The number of pyridine rings is 1. The van der Waals surface area contributed by atoms with Gasteiger partial charge in [0.2, 0.25) is 5.71 Å². The number of carboxylic acid groups (broad SMARTS) is 1. The maximum atomic E-state index is 12.2. The summed E-state index contributed by atoms with van der Waals surface area (Å²) in [5, 5.41) is 24.6. The number of hydrogen-bond acceptors (Lipinski definition) is 8. The number of thiazole rings is 1. The number of rotatable bonds is 12. The van der Waals surface area contributed by atoms with Crippen molar-refractivity contribution in [3.63, 3.8) is 0 Å². The maximum absolute atomic E-state index is 12.2. The SMILES string of the molecule is O=C(O)C(=NOCCNc1ccnc2cc(Cl)ccc12)c1csc(NC(c2ccccc2)(c2ccccc2)c2ccccc2)n1. The monoisotopic (exact) mass is 633 g/mol. The van der Waals surface area contributed by atoms with Crippen LogP contribution < -0.4 is 10.6 Å². The Morgan fingerprint density at radius 2 is 1.51 bits per heavy atom. The summed E-state index contributed by atoms with van der Waals surface area (Å²) in [5.41, 5.74) is 3.76. The molecule has 0 amide bonds. The number of aromatic nitrogens is 2. The summed E-state index contributed by atoms with van der Waals surface area (Å²) >= 11 is 7.39. The normalized spacial score (nSPS) is 11.7. The quantitative estimate of drug-likeness (QED) is 0.0549. The standard InChI is InChI=1S/C35H28ClN5O3S/c36-27-16-17-28-29(18-19-37-30(28)22-27)38-20-21-44-41-32(33(42)43)31-23-45-34(39-31)40-35(24-10-4-1-5-11-24,25-12-6-2-7-13-25)26-14-8-3-9-15-26/h1-19,22-23H,20-21H2,(H,37,38)(H,39,40)(H,42,43). The molecule has 0 aliphatic heterocycles. The molecule has 0 atom stereocenters. The van der Waals surface area contributed by atoms with Crippen LogP contribution in [0.3, 0.4) is 0 Å². The van der Waals surface area contributed by atoms with Gasteiger partial charge in [0.15, 0.2) is 5.13 Å². The van der Waals surface area contributed by atoms with Crippen molar-refractivity contribution in [1.82, 2.24) is 9.97 Å². The van der Waals surface area contributed by atoms with E-state index in [2.05, 4.69) is 62.2 Å². The highest BCUT2D eigenvalue weighted by Crippen LogP contribution is 2.40. The Morgan fingerprint density at radius 3 is 2.11 bits per heavy atom. The summed E-state index contributed by atoms with van der Waals surface area (Å²) in [6.45, 7) is 0.512. The smallest absolute Gasteiger partial charge is 0.360 e. The van der Waals surface area contributed by atoms with Gasteiger partial charge in [0.05, 0.1) is 12.1 Å². The second kappa shape index (κ2) is 13.6. The summed E-state index contributed by atoms with van der Waals surface area (Å²) < 4.78 is 0. The van der Waals surface area contributed by atoms with Crippen LogP contribution in [0.15, 0.2) is 132 Å². The van der Waals surface area contributed by atoms with Crippen molar-refractivity contribution in [3.05, 3.63) is 154 Å². The lowest BCUT2D eigenvalue weighted by Gasteiger charge is -2.36. The molecule has 0 radical (unpaired) electrons. The van der Waals surface area contributed by atoms with Crippen LogP contribution in [0.25, 0.3) is 10.9 Å². The Labute approximate surface area is 269 Å². The predicted molar refractivity (Wildman–Crippen MR) is 180 cm³/mol. The lowest BCUT2D eigenvalue weighted by atomic mass is 9.77. The number of nitrogens with zero attached hydrogens (tertiary/aromatic N) is 3. The molecular weight excluding hydrogens is 606 g/mol. The zero-order valence-electron chi connectivity index (χ0n) is 23.9. The molecule has 6 rings (SSSR count). The van der Waals surface area contributed by atoms with Gasteiger partial charge in [-0.1, -0.05) is 108 Å². The minimum absolute atomic E-state index is 0.128. The van der Waals surface area contributed by atoms with E-state index >= 15 is 0 Å². The summed E-state index contributed by atoms with van der Waals surface area (Å²) in [4.78, 5) is 26.7. The highest BCUT2D eigenvalue weighted by atomic mass is 35.5. The van der Waals surface area contributed by atoms with E-state index in [1.54, 1.807) is 23.7 Å². The third kappa shape index (κ3) is 6.50. The van der Waals surface area contributed by atoms with Crippen LogP contribution in [-0.2, 0) is 15.2 Å². The first-order valence-corrected chi connectivity index (χ1v) is 15.4. The fourth-order valence-corrected chi connectivity index (χ4v) is 6.11. The molecule has 0 aliphatic rings. The molecular formula is C35H28ClN5O3S. The molecule has 0 unspecified atom stereocenters. The maximum Gasteiger partial charge on any atom is 0.360 e. The largest absolute Gasteiger partial charge is 0.476 e. The molecule has 4 aromatic carbocycles. The van der Waals surface area contributed by atoms with Crippen LogP contribution in [0, 0.1) is 0 Å². The van der Waals surface area contributed by atoms with Crippen LogP contribution in [0.2, 0.25) is 5.02 Å². The number of fused-ring (bicyclic) bond motifs is 1. The Bertz CT molecular complexity index is 1840. The summed E-state index contributed by atoms with van der Waals surface area (Å²) in [6.07, 6.45) is 1.69. The number of carbonyl (C=O) groups is 1. The van der Waals surface area contributed by atoms with Gasteiger partial charge in [-0.15, -0.1) is 11.3 Å². The van der Waals surface area contributed by atoms with Gasteiger partial charge in [-0.2, -0.15) is 0 Å². The minimum Gasteiger partial charge on any atom is -0.476 e.